The number of nitrogens with two attached hydrogens (primary N) is 1. The monoisotopic (exact) mass is 359 g/mol. The van der Waals surface area contributed by atoms with Crippen molar-refractivity contribution < 1.29 is 4.74 Å². The van der Waals surface area contributed by atoms with Gasteiger partial charge in [0.1, 0.15) is 6.07 Å². The summed E-state index contributed by atoms with van der Waals surface area (Å²) in [7, 11) is 0. The van der Waals surface area contributed by atoms with Gasteiger partial charge in [0.25, 0.3) is 0 Å². The van der Waals surface area contributed by atoms with E-state index >= 15 is 0 Å². The SMILES string of the molecule is Cc1ccc(C#N)c(N)c1NCCOCc1ccc(Br)cc1. The van der Waals surface area contributed by atoms with E-state index in [4.69, 9.17) is 15.7 Å². The zero-order valence-corrected chi connectivity index (χ0v) is 14.0. The summed E-state index contributed by atoms with van der Waals surface area (Å²) in [5, 5.41) is 12.2. The minimum Gasteiger partial charge on any atom is -0.396 e. The van der Waals surface area contributed by atoms with E-state index in [1.165, 1.54) is 0 Å². The third-order valence-electron chi connectivity index (χ3n) is 3.30. The van der Waals surface area contributed by atoms with Crippen LogP contribution in [0.25, 0.3) is 0 Å². The second-order valence-corrected chi connectivity index (χ2v) is 5.85. The van der Waals surface area contributed by atoms with Gasteiger partial charge in [-0.1, -0.05) is 34.1 Å². The van der Waals surface area contributed by atoms with Crippen LogP contribution in [0.5, 0.6) is 0 Å². The smallest absolute Gasteiger partial charge is 0.101 e. The molecular weight excluding hydrogens is 342 g/mol. The number of ether oxygens (including phenoxy) is 1. The van der Waals surface area contributed by atoms with Crippen molar-refractivity contribution in [2.75, 3.05) is 24.2 Å². The van der Waals surface area contributed by atoms with E-state index < -0.39 is 0 Å². The molecule has 114 valence electrons. The molecule has 0 aliphatic heterocycles. The summed E-state index contributed by atoms with van der Waals surface area (Å²) < 4.78 is 6.69. The average molecular weight is 360 g/mol. The highest BCUT2D eigenvalue weighted by atomic mass is 79.9. The quantitative estimate of drug-likeness (QED) is 0.607. The van der Waals surface area contributed by atoms with Crippen LogP contribution in [-0.4, -0.2) is 13.2 Å². The first kappa shape index (κ1) is 16.3. The van der Waals surface area contributed by atoms with E-state index in [-0.39, 0.29) is 0 Å². The van der Waals surface area contributed by atoms with Crippen LogP contribution in [0.15, 0.2) is 40.9 Å². The van der Waals surface area contributed by atoms with Crippen molar-refractivity contribution >= 4 is 27.3 Å². The average Bonchev–Trinajstić information content (AvgIpc) is 2.52. The first-order valence-electron chi connectivity index (χ1n) is 6.97. The minimum atomic E-state index is 0.490. The van der Waals surface area contributed by atoms with Crippen molar-refractivity contribution in [3.05, 3.63) is 57.6 Å². The lowest BCUT2D eigenvalue weighted by Crippen LogP contribution is -2.12. The maximum atomic E-state index is 9.00. The Kier molecular flexibility index (Phi) is 5.82. The second-order valence-electron chi connectivity index (χ2n) is 4.94. The molecule has 0 bridgehead atoms. The number of hydrogen-bond acceptors (Lipinski definition) is 4. The number of hydrogen-bond donors (Lipinski definition) is 2. The number of anilines is 2. The van der Waals surface area contributed by atoms with Crippen molar-refractivity contribution in [2.24, 2.45) is 0 Å². The summed E-state index contributed by atoms with van der Waals surface area (Å²) in [6.07, 6.45) is 0. The highest BCUT2D eigenvalue weighted by Gasteiger charge is 2.07. The fourth-order valence-corrected chi connectivity index (χ4v) is 2.34. The van der Waals surface area contributed by atoms with E-state index in [0.29, 0.717) is 31.0 Å². The molecule has 0 saturated carbocycles. The number of benzene rings is 2. The van der Waals surface area contributed by atoms with E-state index in [1.54, 1.807) is 6.07 Å². The lowest BCUT2D eigenvalue weighted by atomic mass is 10.1. The summed E-state index contributed by atoms with van der Waals surface area (Å²) in [6, 6.07) is 13.8. The van der Waals surface area contributed by atoms with Gasteiger partial charge >= 0.3 is 0 Å². The van der Waals surface area contributed by atoms with Crippen LogP contribution in [0.2, 0.25) is 0 Å². The highest BCUT2D eigenvalue weighted by molar-refractivity contribution is 9.10. The zero-order valence-electron chi connectivity index (χ0n) is 12.4. The third kappa shape index (κ3) is 4.23. The molecule has 22 heavy (non-hydrogen) atoms. The van der Waals surface area contributed by atoms with Gasteiger partial charge in [-0.15, -0.1) is 0 Å². The molecule has 0 unspecified atom stereocenters. The molecule has 3 N–H and O–H groups in total. The van der Waals surface area contributed by atoms with Gasteiger partial charge in [0.05, 0.1) is 30.2 Å². The maximum absolute atomic E-state index is 9.00. The molecular formula is C17H18BrN3O. The maximum Gasteiger partial charge on any atom is 0.101 e. The van der Waals surface area contributed by atoms with Gasteiger partial charge < -0.3 is 15.8 Å². The Bertz CT molecular complexity index is 678. The fraction of sp³-hybridized carbons (Fsp3) is 0.235. The third-order valence-corrected chi connectivity index (χ3v) is 3.83. The normalized spacial score (nSPS) is 10.2. The molecule has 0 fully saturated rings. The summed E-state index contributed by atoms with van der Waals surface area (Å²) in [5.74, 6) is 0. The first-order chi connectivity index (χ1) is 10.6. The summed E-state index contributed by atoms with van der Waals surface area (Å²) >= 11 is 3.40. The largest absolute Gasteiger partial charge is 0.396 e. The molecule has 0 heterocycles. The van der Waals surface area contributed by atoms with Gasteiger partial charge in [-0.05, 0) is 36.2 Å². The molecule has 0 amide bonds. The predicted octanol–water partition coefficient (Wildman–Crippen LogP) is 3.84. The van der Waals surface area contributed by atoms with Gasteiger partial charge in [0.15, 0.2) is 0 Å². The highest BCUT2D eigenvalue weighted by Crippen LogP contribution is 2.26. The topological polar surface area (TPSA) is 71.1 Å². The summed E-state index contributed by atoms with van der Waals surface area (Å²) in [5.41, 5.74) is 9.93. The molecule has 2 rings (SSSR count). The van der Waals surface area contributed by atoms with Crippen LogP contribution < -0.4 is 11.1 Å². The minimum absolute atomic E-state index is 0.490. The Morgan fingerprint density at radius 3 is 2.64 bits per heavy atom. The Labute approximate surface area is 139 Å². The van der Waals surface area contributed by atoms with Crippen LogP contribution in [0.1, 0.15) is 16.7 Å². The van der Waals surface area contributed by atoms with Gasteiger partial charge in [0.2, 0.25) is 0 Å². The lowest BCUT2D eigenvalue weighted by Gasteiger charge is -2.13. The van der Waals surface area contributed by atoms with Crippen molar-refractivity contribution in [3.8, 4) is 6.07 Å². The fourth-order valence-electron chi connectivity index (χ4n) is 2.08. The van der Waals surface area contributed by atoms with Crippen LogP contribution in [0.3, 0.4) is 0 Å². The van der Waals surface area contributed by atoms with Gasteiger partial charge in [-0.25, -0.2) is 0 Å². The van der Waals surface area contributed by atoms with E-state index in [0.717, 1.165) is 21.3 Å². The van der Waals surface area contributed by atoms with Gasteiger partial charge in [-0.2, -0.15) is 5.26 Å². The van der Waals surface area contributed by atoms with Gasteiger partial charge in [0, 0.05) is 11.0 Å². The summed E-state index contributed by atoms with van der Waals surface area (Å²) in [4.78, 5) is 0. The molecule has 0 aliphatic carbocycles. The summed E-state index contributed by atoms with van der Waals surface area (Å²) in [6.45, 7) is 3.73. The van der Waals surface area contributed by atoms with Crippen LogP contribution >= 0.6 is 15.9 Å². The molecule has 0 radical (unpaired) electrons. The van der Waals surface area contributed by atoms with Gasteiger partial charge in [-0.3, -0.25) is 0 Å². The van der Waals surface area contributed by atoms with Crippen molar-refractivity contribution in [1.82, 2.24) is 0 Å². The Hall–Kier alpha value is -2.03. The standard InChI is InChI=1S/C17H18BrN3O/c1-12-2-5-14(10-19)16(20)17(12)21-8-9-22-11-13-3-6-15(18)7-4-13/h2-7,21H,8-9,11,20H2,1H3. The molecule has 2 aromatic rings. The molecule has 0 aromatic heterocycles. The van der Waals surface area contributed by atoms with Crippen molar-refractivity contribution in [1.29, 1.82) is 5.26 Å². The van der Waals surface area contributed by atoms with Crippen molar-refractivity contribution in [2.45, 2.75) is 13.5 Å². The van der Waals surface area contributed by atoms with E-state index in [2.05, 4.69) is 27.3 Å². The number of aryl methyl sites for hydroxylation is 1. The Morgan fingerprint density at radius 2 is 1.95 bits per heavy atom. The Morgan fingerprint density at radius 1 is 1.23 bits per heavy atom. The first-order valence-corrected chi connectivity index (χ1v) is 7.76. The Balaban J connectivity index is 1.82. The molecule has 0 atom stereocenters. The number of nitrogens with zero attached hydrogens (tertiary/aromatic N) is 1. The van der Waals surface area contributed by atoms with Crippen LogP contribution in [0, 0.1) is 18.3 Å². The molecule has 0 saturated heterocycles. The number of rotatable bonds is 6. The van der Waals surface area contributed by atoms with E-state index in [9.17, 15) is 0 Å². The lowest BCUT2D eigenvalue weighted by molar-refractivity contribution is 0.130. The van der Waals surface area contributed by atoms with E-state index in [1.807, 2.05) is 37.3 Å². The molecule has 2 aromatic carbocycles. The number of nitriles is 1. The molecule has 0 aliphatic rings. The number of nitrogens with one attached hydrogen (secondary N) is 1. The second kappa shape index (κ2) is 7.83. The van der Waals surface area contributed by atoms with Crippen molar-refractivity contribution in [3.63, 3.8) is 0 Å². The zero-order chi connectivity index (χ0) is 15.9. The van der Waals surface area contributed by atoms with Crippen LogP contribution in [-0.2, 0) is 11.3 Å². The van der Waals surface area contributed by atoms with Crippen LogP contribution in [0.4, 0.5) is 11.4 Å². The molecule has 4 nitrogen and oxygen atoms in total. The number of nitrogen functional groups attached to an aromatic ring is 1. The molecule has 0 spiro atoms. The number of halogens is 1. The predicted molar refractivity (Wildman–Crippen MR) is 92.6 cm³/mol. The molecule has 5 heteroatoms.